The first-order valence-corrected chi connectivity index (χ1v) is 15.9. The molecular weight excluding hydrogens is 476 g/mol. The molecule has 1 aliphatic heterocycles. The van der Waals surface area contributed by atoms with E-state index in [2.05, 4.69) is 15.5 Å². The average Bonchev–Trinajstić information content (AvgIpc) is 3.20. The third-order valence-corrected chi connectivity index (χ3v) is 11.7. The van der Waals surface area contributed by atoms with Crippen molar-refractivity contribution < 1.29 is 14.4 Å². The van der Waals surface area contributed by atoms with Gasteiger partial charge in [-0.15, -0.1) is 0 Å². The normalized spacial score (nSPS) is 42.3. The molecule has 7 nitrogen and oxygen atoms in total. The van der Waals surface area contributed by atoms with E-state index in [4.69, 9.17) is 0 Å². The number of hydrogen-bond donors (Lipinski definition) is 2. The highest BCUT2D eigenvalue weighted by atomic mass is 16.2. The van der Waals surface area contributed by atoms with Gasteiger partial charge in [-0.1, -0.05) is 0 Å². The van der Waals surface area contributed by atoms with Gasteiger partial charge in [-0.3, -0.25) is 19.3 Å². The van der Waals surface area contributed by atoms with Gasteiger partial charge in [0.05, 0.1) is 13.1 Å². The summed E-state index contributed by atoms with van der Waals surface area (Å²) in [6.45, 7) is 2.81. The summed E-state index contributed by atoms with van der Waals surface area (Å²) in [6.07, 6.45) is 17.5. The Kier molecular flexibility index (Phi) is 6.52. The lowest BCUT2D eigenvalue weighted by atomic mass is 9.53. The Balaban J connectivity index is 0.978. The largest absolute Gasteiger partial charge is 0.350 e. The van der Waals surface area contributed by atoms with E-state index >= 15 is 0 Å². The van der Waals surface area contributed by atoms with Crippen LogP contribution in [0.25, 0.3) is 0 Å². The van der Waals surface area contributed by atoms with Crippen LogP contribution in [0.3, 0.4) is 0 Å². The highest BCUT2D eigenvalue weighted by Gasteiger charge is 2.52. The Hall–Kier alpha value is -1.63. The Morgan fingerprint density at radius 3 is 1.53 bits per heavy atom. The van der Waals surface area contributed by atoms with E-state index in [9.17, 15) is 14.4 Å². The molecule has 0 spiro atoms. The monoisotopic (exact) mass is 524 g/mol. The van der Waals surface area contributed by atoms with Gasteiger partial charge in [-0.25, -0.2) is 0 Å². The van der Waals surface area contributed by atoms with Crippen molar-refractivity contribution in [2.45, 2.75) is 107 Å². The molecule has 8 bridgehead atoms. The lowest BCUT2D eigenvalue weighted by molar-refractivity contribution is -0.132. The number of hydrogen-bond acceptors (Lipinski definition) is 4. The molecule has 3 amide bonds. The van der Waals surface area contributed by atoms with Gasteiger partial charge < -0.3 is 15.5 Å². The molecule has 38 heavy (non-hydrogen) atoms. The lowest BCUT2D eigenvalue weighted by Crippen LogP contribution is -2.62. The van der Waals surface area contributed by atoms with Gasteiger partial charge in [0, 0.05) is 37.1 Å². The highest BCUT2D eigenvalue weighted by molar-refractivity contribution is 5.82. The molecule has 9 rings (SSSR count). The molecule has 0 aromatic carbocycles. The fraction of sp³-hybridized carbons (Fsp3) is 0.903. The summed E-state index contributed by atoms with van der Waals surface area (Å²) in [5, 5.41) is 7.03. The van der Waals surface area contributed by atoms with Crippen molar-refractivity contribution in [2.75, 3.05) is 32.7 Å². The lowest BCUT2D eigenvalue weighted by Gasteiger charge is -2.57. The molecule has 210 valence electrons. The maximum atomic E-state index is 13.5. The first-order chi connectivity index (χ1) is 18.3. The van der Waals surface area contributed by atoms with Gasteiger partial charge in [0.1, 0.15) is 0 Å². The summed E-state index contributed by atoms with van der Waals surface area (Å²) in [6, 6.07) is 0. The smallest absolute Gasteiger partial charge is 0.234 e. The third-order valence-electron chi connectivity index (χ3n) is 11.7. The zero-order valence-electron chi connectivity index (χ0n) is 23.2. The van der Waals surface area contributed by atoms with Crippen LogP contribution in [0.15, 0.2) is 0 Å². The van der Waals surface area contributed by atoms with Crippen molar-refractivity contribution in [1.82, 2.24) is 20.4 Å². The molecule has 0 aromatic heterocycles. The summed E-state index contributed by atoms with van der Waals surface area (Å²) < 4.78 is 0. The Labute approximate surface area is 228 Å². The second kappa shape index (κ2) is 9.78. The van der Waals surface area contributed by atoms with Crippen LogP contribution in [0.5, 0.6) is 0 Å². The van der Waals surface area contributed by atoms with Gasteiger partial charge in [0.2, 0.25) is 17.7 Å². The predicted octanol–water partition coefficient (Wildman–Crippen LogP) is 3.47. The van der Waals surface area contributed by atoms with Gasteiger partial charge >= 0.3 is 0 Å². The van der Waals surface area contributed by atoms with Crippen LogP contribution < -0.4 is 10.6 Å². The minimum Gasteiger partial charge on any atom is -0.350 e. The standard InChI is InChI=1S/C31H48N4O3/c36-27(32-30-13-21-7-22(14-30)9-23(8-21)15-30)19-34(4-2-6-35-5-1-3-29(35)38)20-28(37)33-31-16-24-10-25(17-31)12-26(11-24)18-31/h21-26H,1-20H2,(H,32,36)(H,33,37). The summed E-state index contributed by atoms with van der Waals surface area (Å²) in [5.74, 6) is 5.18. The van der Waals surface area contributed by atoms with Gasteiger partial charge in [-0.05, 0) is 125 Å². The molecule has 1 heterocycles. The maximum Gasteiger partial charge on any atom is 0.234 e. The van der Waals surface area contributed by atoms with Crippen LogP contribution in [-0.4, -0.2) is 71.3 Å². The summed E-state index contributed by atoms with van der Waals surface area (Å²) in [7, 11) is 0. The fourth-order valence-corrected chi connectivity index (χ4v) is 11.2. The molecule has 9 aliphatic rings. The van der Waals surface area contributed by atoms with E-state index in [1.54, 1.807) is 0 Å². The number of amides is 3. The number of carbonyl (C=O) groups is 3. The van der Waals surface area contributed by atoms with Crippen molar-refractivity contribution in [3.8, 4) is 0 Å². The zero-order chi connectivity index (χ0) is 25.9. The third kappa shape index (κ3) is 5.13. The molecule has 0 aromatic rings. The predicted molar refractivity (Wildman–Crippen MR) is 145 cm³/mol. The first kappa shape index (κ1) is 25.3. The van der Waals surface area contributed by atoms with Gasteiger partial charge in [-0.2, -0.15) is 0 Å². The van der Waals surface area contributed by atoms with E-state index in [-0.39, 0.29) is 41.9 Å². The summed E-state index contributed by atoms with van der Waals surface area (Å²) in [5.41, 5.74) is 0.00184. The first-order valence-electron chi connectivity index (χ1n) is 15.9. The van der Waals surface area contributed by atoms with Crippen LogP contribution in [0.1, 0.15) is 96.3 Å². The number of nitrogens with one attached hydrogen (secondary N) is 2. The van der Waals surface area contributed by atoms with Gasteiger partial charge in [0.15, 0.2) is 0 Å². The minimum absolute atomic E-state index is 0.000922. The number of rotatable bonds is 10. The van der Waals surface area contributed by atoms with Crippen molar-refractivity contribution in [1.29, 1.82) is 0 Å². The second-order valence-electron chi connectivity index (χ2n) is 15.0. The molecule has 2 N–H and O–H groups in total. The Bertz CT molecular complexity index is 832. The minimum atomic E-state index is 0.000922. The fourth-order valence-electron chi connectivity index (χ4n) is 11.2. The summed E-state index contributed by atoms with van der Waals surface area (Å²) in [4.78, 5) is 43.0. The van der Waals surface area contributed by atoms with E-state index in [1.807, 2.05) is 4.90 Å². The molecule has 1 saturated heterocycles. The molecule has 9 fully saturated rings. The van der Waals surface area contributed by atoms with Crippen molar-refractivity contribution in [3.05, 3.63) is 0 Å². The van der Waals surface area contributed by atoms with E-state index < -0.39 is 0 Å². The Morgan fingerprint density at radius 1 is 0.737 bits per heavy atom. The van der Waals surface area contributed by atoms with Crippen LogP contribution >= 0.6 is 0 Å². The molecule has 8 aliphatic carbocycles. The average molecular weight is 525 g/mol. The highest BCUT2D eigenvalue weighted by Crippen LogP contribution is 2.56. The Morgan fingerprint density at radius 2 is 1.16 bits per heavy atom. The molecule has 0 atom stereocenters. The maximum absolute atomic E-state index is 13.5. The van der Waals surface area contributed by atoms with Crippen LogP contribution in [0.2, 0.25) is 0 Å². The SMILES string of the molecule is O=C(CN(CCCN1CCCC1=O)CC(=O)NC12CC3CC(CC(C3)C1)C2)NC12CC3CC(CC(C3)C1)C2. The number of likely N-dealkylation sites (tertiary alicyclic amines) is 1. The topological polar surface area (TPSA) is 81.8 Å². The van der Waals surface area contributed by atoms with E-state index in [0.717, 1.165) is 100.0 Å². The quantitative estimate of drug-likeness (QED) is 0.459. The number of nitrogens with zero attached hydrogens (tertiary/aromatic N) is 2. The summed E-state index contributed by atoms with van der Waals surface area (Å²) >= 11 is 0. The molecule has 7 heteroatoms. The van der Waals surface area contributed by atoms with E-state index in [0.29, 0.717) is 13.0 Å². The van der Waals surface area contributed by atoms with Crippen molar-refractivity contribution in [3.63, 3.8) is 0 Å². The van der Waals surface area contributed by atoms with Crippen LogP contribution in [-0.2, 0) is 14.4 Å². The van der Waals surface area contributed by atoms with Crippen LogP contribution in [0, 0.1) is 35.5 Å². The molecular formula is C31H48N4O3. The van der Waals surface area contributed by atoms with Crippen molar-refractivity contribution >= 4 is 17.7 Å². The van der Waals surface area contributed by atoms with Crippen LogP contribution in [0.4, 0.5) is 0 Å². The molecule has 8 saturated carbocycles. The number of carbonyl (C=O) groups excluding carboxylic acids is 3. The molecule has 0 unspecified atom stereocenters. The van der Waals surface area contributed by atoms with E-state index in [1.165, 1.54) is 38.5 Å². The van der Waals surface area contributed by atoms with Gasteiger partial charge in [0.25, 0.3) is 0 Å². The zero-order valence-corrected chi connectivity index (χ0v) is 23.2. The molecule has 0 radical (unpaired) electrons. The second-order valence-corrected chi connectivity index (χ2v) is 15.0. The van der Waals surface area contributed by atoms with Crippen molar-refractivity contribution in [2.24, 2.45) is 35.5 Å².